The largest absolute Gasteiger partial charge is 0.497 e. The van der Waals surface area contributed by atoms with Crippen LogP contribution < -0.4 is 13.8 Å². The lowest BCUT2D eigenvalue weighted by atomic mass is 10.2. The summed E-state index contributed by atoms with van der Waals surface area (Å²) in [6.45, 7) is 2.07. The molecule has 5 nitrogen and oxygen atoms in total. The number of ether oxygens (including phenoxy) is 2. The van der Waals surface area contributed by atoms with Crippen molar-refractivity contribution in [3.05, 3.63) is 82.3 Å². The van der Waals surface area contributed by atoms with E-state index in [-0.39, 0.29) is 11.4 Å². The third-order valence-electron chi connectivity index (χ3n) is 4.50. The first-order chi connectivity index (χ1) is 13.8. The smallest absolute Gasteiger partial charge is 0.264 e. The Bertz CT molecular complexity index is 1080. The molecule has 3 rings (SSSR count). The van der Waals surface area contributed by atoms with Gasteiger partial charge in [-0.15, -0.1) is 0 Å². The quantitative estimate of drug-likeness (QED) is 0.472. The van der Waals surface area contributed by atoms with Gasteiger partial charge in [0.05, 0.1) is 31.3 Å². The van der Waals surface area contributed by atoms with Crippen LogP contribution in [0.5, 0.6) is 11.5 Å². The maximum Gasteiger partial charge on any atom is 0.264 e. The van der Waals surface area contributed by atoms with Gasteiger partial charge in [-0.3, -0.25) is 4.31 Å². The van der Waals surface area contributed by atoms with E-state index in [0.29, 0.717) is 17.2 Å². The number of methoxy groups -OCH3 is 2. The molecule has 0 bridgehead atoms. The molecule has 0 radical (unpaired) electrons. The van der Waals surface area contributed by atoms with Crippen LogP contribution >= 0.6 is 15.9 Å². The minimum Gasteiger partial charge on any atom is -0.497 e. The number of benzene rings is 3. The number of hydrogen-bond acceptors (Lipinski definition) is 4. The minimum absolute atomic E-state index is 0.147. The molecule has 0 aliphatic carbocycles. The van der Waals surface area contributed by atoms with Gasteiger partial charge in [0, 0.05) is 22.7 Å². The van der Waals surface area contributed by atoms with E-state index in [4.69, 9.17) is 9.47 Å². The van der Waals surface area contributed by atoms with E-state index in [1.807, 2.05) is 31.2 Å². The predicted octanol–water partition coefficient (Wildman–Crippen LogP) is 5.17. The van der Waals surface area contributed by atoms with Crippen LogP contribution in [0.4, 0.5) is 5.69 Å². The fourth-order valence-corrected chi connectivity index (χ4v) is 4.71. The molecule has 0 aliphatic rings. The van der Waals surface area contributed by atoms with Gasteiger partial charge in [-0.05, 0) is 30.7 Å². The fourth-order valence-electron chi connectivity index (χ4n) is 2.87. The first kappa shape index (κ1) is 21.2. The number of halogens is 1. The second-order valence-corrected chi connectivity index (χ2v) is 9.20. The molecule has 0 saturated heterocycles. The van der Waals surface area contributed by atoms with Crippen molar-refractivity contribution < 1.29 is 17.9 Å². The summed E-state index contributed by atoms with van der Waals surface area (Å²) in [6.07, 6.45) is 0. The molecule has 0 atom stereocenters. The number of rotatable bonds is 7. The highest BCUT2D eigenvalue weighted by Crippen LogP contribution is 2.34. The van der Waals surface area contributed by atoms with Crippen molar-refractivity contribution in [3.63, 3.8) is 0 Å². The Hall–Kier alpha value is -2.51. The van der Waals surface area contributed by atoms with Gasteiger partial charge in [0.15, 0.2) is 0 Å². The van der Waals surface area contributed by atoms with E-state index in [2.05, 4.69) is 15.9 Å². The number of aryl methyl sites for hydroxylation is 1. The molecular formula is C22H22BrNO4S. The summed E-state index contributed by atoms with van der Waals surface area (Å²) < 4.78 is 40.1. The Morgan fingerprint density at radius 2 is 1.48 bits per heavy atom. The molecule has 152 valence electrons. The SMILES string of the molecule is COc1cc(OC)cc(N(Cc2ccccc2Br)S(=O)(=O)c2ccc(C)cc2)c1. The van der Waals surface area contributed by atoms with Crippen molar-refractivity contribution in [2.45, 2.75) is 18.4 Å². The number of sulfonamides is 1. The first-order valence-electron chi connectivity index (χ1n) is 8.91. The van der Waals surface area contributed by atoms with Gasteiger partial charge in [0.2, 0.25) is 0 Å². The van der Waals surface area contributed by atoms with Crippen LogP contribution in [0, 0.1) is 6.92 Å². The second kappa shape index (κ2) is 8.88. The highest BCUT2D eigenvalue weighted by Gasteiger charge is 2.27. The summed E-state index contributed by atoms with van der Waals surface area (Å²) >= 11 is 3.52. The van der Waals surface area contributed by atoms with E-state index in [1.165, 1.54) is 18.5 Å². The molecule has 0 spiro atoms. The van der Waals surface area contributed by atoms with Crippen LogP contribution in [-0.4, -0.2) is 22.6 Å². The van der Waals surface area contributed by atoms with Crippen LogP contribution in [0.25, 0.3) is 0 Å². The Kier molecular flexibility index (Phi) is 6.49. The van der Waals surface area contributed by atoms with Crippen molar-refractivity contribution in [3.8, 4) is 11.5 Å². The summed E-state index contributed by atoms with van der Waals surface area (Å²) in [6, 6.07) is 19.4. The van der Waals surface area contributed by atoms with Gasteiger partial charge in [0.1, 0.15) is 11.5 Å². The average molecular weight is 476 g/mol. The van der Waals surface area contributed by atoms with Crippen LogP contribution in [0.1, 0.15) is 11.1 Å². The Balaban J connectivity index is 2.16. The minimum atomic E-state index is -3.83. The third-order valence-corrected chi connectivity index (χ3v) is 7.07. The summed E-state index contributed by atoms with van der Waals surface area (Å²) in [5.74, 6) is 1.02. The average Bonchev–Trinajstić information content (AvgIpc) is 2.72. The highest BCUT2D eigenvalue weighted by atomic mass is 79.9. The van der Waals surface area contributed by atoms with Gasteiger partial charge in [-0.25, -0.2) is 8.42 Å². The molecule has 0 amide bonds. The lowest BCUT2D eigenvalue weighted by Crippen LogP contribution is -2.30. The first-order valence-corrected chi connectivity index (χ1v) is 11.1. The van der Waals surface area contributed by atoms with Gasteiger partial charge >= 0.3 is 0 Å². The Morgan fingerprint density at radius 1 is 0.897 bits per heavy atom. The molecule has 0 aromatic heterocycles. The molecular weight excluding hydrogens is 454 g/mol. The molecule has 0 fully saturated rings. The monoisotopic (exact) mass is 475 g/mol. The number of anilines is 1. The summed E-state index contributed by atoms with van der Waals surface area (Å²) in [4.78, 5) is 0.219. The molecule has 29 heavy (non-hydrogen) atoms. The lowest BCUT2D eigenvalue weighted by Gasteiger charge is -2.26. The van der Waals surface area contributed by atoms with Crippen molar-refractivity contribution >= 4 is 31.6 Å². The molecule has 7 heteroatoms. The summed E-state index contributed by atoms with van der Waals surface area (Å²) in [5.41, 5.74) is 2.28. The van der Waals surface area contributed by atoms with Gasteiger partial charge < -0.3 is 9.47 Å². The number of nitrogens with zero attached hydrogens (tertiary/aromatic N) is 1. The van der Waals surface area contributed by atoms with E-state index < -0.39 is 10.0 Å². The van der Waals surface area contributed by atoms with Crippen molar-refractivity contribution in [1.29, 1.82) is 0 Å². The topological polar surface area (TPSA) is 55.8 Å². The molecule has 0 N–H and O–H groups in total. The summed E-state index contributed by atoms with van der Waals surface area (Å²) in [7, 11) is -0.769. The lowest BCUT2D eigenvalue weighted by molar-refractivity contribution is 0.394. The van der Waals surface area contributed by atoms with Gasteiger partial charge in [0.25, 0.3) is 10.0 Å². The molecule has 0 aliphatic heterocycles. The fraction of sp³-hybridized carbons (Fsp3) is 0.182. The van der Waals surface area contributed by atoms with E-state index in [0.717, 1.165) is 15.6 Å². The maximum atomic E-state index is 13.6. The molecule has 0 saturated carbocycles. The van der Waals surface area contributed by atoms with Crippen molar-refractivity contribution in [2.75, 3.05) is 18.5 Å². The second-order valence-electron chi connectivity index (χ2n) is 6.49. The molecule has 0 heterocycles. The Labute approximate surface area is 180 Å². The van der Waals surface area contributed by atoms with Crippen molar-refractivity contribution in [1.82, 2.24) is 0 Å². The van der Waals surface area contributed by atoms with E-state index in [9.17, 15) is 8.42 Å². The highest BCUT2D eigenvalue weighted by molar-refractivity contribution is 9.10. The van der Waals surface area contributed by atoms with Gasteiger partial charge in [-0.1, -0.05) is 51.8 Å². The molecule has 0 unspecified atom stereocenters. The zero-order valence-corrected chi connectivity index (χ0v) is 18.8. The van der Waals surface area contributed by atoms with Gasteiger partial charge in [-0.2, -0.15) is 0 Å². The Morgan fingerprint density at radius 3 is 2.03 bits per heavy atom. The van der Waals surface area contributed by atoms with Crippen LogP contribution in [-0.2, 0) is 16.6 Å². The zero-order valence-electron chi connectivity index (χ0n) is 16.4. The van der Waals surface area contributed by atoms with E-state index in [1.54, 1.807) is 42.5 Å². The summed E-state index contributed by atoms with van der Waals surface area (Å²) in [5, 5.41) is 0. The maximum absolute atomic E-state index is 13.6. The number of hydrogen-bond donors (Lipinski definition) is 0. The normalized spacial score (nSPS) is 11.2. The van der Waals surface area contributed by atoms with Crippen LogP contribution in [0.2, 0.25) is 0 Å². The zero-order chi connectivity index (χ0) is 21.0. The third kappa shape index (κ3) is 4.74. The predicted molar refractivity (Wildman–Crippen MR) is 118 cm³/mol. The molecule has 3 aromatic rings. The molecule has 3 aromatic carbocycles. The standard InChI is InChI=1S/C22H22BrNO4S/c1-16-8-10-21(11-9-16)29(25,26)24(15-17-6-4-5-7-22(17)23)18-12-19(27-2)14-20(13-18)28-3/h4-14H,15H2,1-3H3. The van der Waals surface area contributed by atoms with Crippen molar-refractivity contribution in [2.24, 2.45) is 0 Å². The van der Waals surface area contributed by atoms with Crippen LogP contribution in [0.15, 0.2) is 76.1 Å². The van der Waals surface area contributed by atoms with Crippen LogP contribution in [0.3, 0.4) is 0 Å². The van der Waals surface area contributed by atoms with E-state index >= 15 is 0 Å².